The van der Waals surface area contributed by atoms with Crippen molar-refractivity contribution in [3.05, 3.63) is 27.7 Å². The van der Waals surface area contributed by atoms with Crippen LogP contribution in [-0.4, -0.2) is 40.7 Å². The molecular formula is C15H20Cl2N2O3. The first-order valence-electron chi connectivity index (χ1n) is 7.26. The summed E-state index contributed by atoms with van der Waals surface area (Å²) in [5, 5.41) is 19.5. The zero-order valence-corrected chi connectivity index (χ0v) is 13.6. The number of halogens is 2. The molecule has 0 spiro atoms. The number of phenolic OH excluding ortho intramolecular Hbond substituents is 1. The summed E-state index contributed by atoms with van der Waals surface area (Å²) in [5.74, 6) is 0.161. The minimum Gasteiger partial charge on any atom is -0.508 e. The molecule has 1 saturated heterocycles. The zero-order chi connectivity index (χ0) is 16.3. The molecule has 2 rings (SSSR count). The smallest absolute Gasteiger partial charge is 0.224 e. The normalized spacial score (nSPS) is 17.5. The van der Waals surface area contributed by atoms with E-state index in [-0.39, 0.29) is 36.6 Å². The van der Waals surface area contributed by atoms with E-state index in [2.05, 4.69) is 0 Å². The van der Waals surface area contributed by atoms with Gasteiger partial charge in [0.15, 0.2) is 0 Å². The number of carbonyl (C=O) groups is 1. The molecule has 1 amide bonds. The van der Waals surface area contributed by atoms with Crippen LogP contribution in [0, 0.1) is 5.92 Å². The molecule has 5 nitrogen and oxygen atoms in total. The highest BCUT2D eigenvalue weighted by atomic mass is 35.5. The Balaban J connectivity index is 2.02. The summed E-state index contributed by atoms with van der Waals surface area (Å²) in [6.07, 6.45) is 1.65. The summed E-state index contributed by atoms with van der Waals surface area (Å²) in [4.78, 5) is 13.5. The fourth-order valence-corrected chi connectivity index (χ4v) is 3.16. The molecular weight excluding hydrogens is 327 g/mol. The highest BCUT2D eigenvalue weighted by molar-refractivity contribution is 6.42. The average molecular weight is 347 g/mol. The van der Waals surface area contributed by atoms with E-state index >= 15 is 0 Å². The van der Waals surface area contributed by atoms with Crippen LogP contribution in [0.2, 0.25) is 10.0 Å². The van der Waals surface area contributed by atoms with Gasteiger partial charge >= 0.3 is 0 Å². The van der Waals surface area contributed by atoms with Crippen LogP contribution in [0.15, 0.2) is 12.1 Å². The molecule has 1 fully saturated rings. The SMILES string of the molecule is N[C@@H](c1cc(Cl)c(Cl)cc1O)C1CCN(C(=O)CCO)CC1. The van der Waals surface area contributed by atoms with Gasteiger partial charge in [-0.05, 0) is 24.8 Å². The van der Waals surface area contributed by atoms with E-state index in [1.165, 1.54) is 6.07 Å². The van der Waals surface area contributed by atoms with Gasteiger partial charge in [0.25, 0.3) is 0 Å². The third kappa shape index (κ3) is 3.84. The summed E-state index contributed by atoms with van der Waals surface area (Å²) in [6, 6.07) is 2.65. The van der Waals surface area contributed by atoms with Crippen LogP contribution in [0.4, 0.5) is 0 Å². The number of piperidine rings is 1. The van der Waals surface area contributed by atoms with E-state index in [1.807, 2.05) is 0 Å². The van der Waals surface area contributed by atoms with Crippen LogP contribution in [0.3, 0.4) is 0 Å². The number of hydrogen-bond acceptors (Lipinski definition) is 4. The van der Waals surface area contributed by atoms with Gasteiger partial charge in [0, 0.05) is 37.2 Å². The number of aromatic hydroxyl groups is 1. The molecule has 1 heterocycles. The minimum atomic E-state index is -0.357. The van der Waals surface area contributed by atoms with E-state index in [9.17, 15) is 9.90 Å². The lowest BCUT2D eigenvalue weighted by Crippen LogP contribution is -2.41. The zero-order valence-electron chi connectivity index (χ0n) is 12.1. The van der Waals surface area contributed by atoms with Gasteiger partial charge in [0.2, 0.25) is 5.91 Å². The molecule has 0 radical (unpaired) electrons. The molecule has 122 valence electrons. The number of aliphatic hydroxyl groups excluding tert-OH is 1. The van der Waals surface area contributed by atoms with Crippen LogP contribution in [0.1, 0.15) is 30.9 Å². The number of hydrogen-bond donors (Lipinski definition) is 3. The van der Waals surface area contributed by atoms with Gasteiger partial charge in [0.05, 0.1) is 16.7 Å². The fraction of sp³-hybridized carbons (Fsp3) is 0.533. The molecule has 0 aliphatic carbocycles. The predicted octanol–water partition coefficient (Wildman–Crippen LogP) is 2.32. The molecule has 0 bridgehead atoms. The predicted molar refractivity (Wildman–Crippen MR) is 86.1 cm³/mol. The Labute approximate surface area is 139 Å². The molecule has 4 N–H and O–H groups in total. The Bertz CT molecular complexity index is 546. The van der Waals surface area contributed by atoms with Gasteiger partial charge in [-0.1, -0.05) is 23.2 Å². The molecule has 0 unspecified atom stereocenters. The largest absolute Gasteiger partial charge is 0.508 e. The molecule has 0 saturated carbocycles. The minimum absolute atomic E-state index is 0.0353. The van der Waals surface area contributed by atoms with Crippen LogP contribution >= 0.6 is 23.2 Å². The monoisotopic (exact) mass is 346 g/mol. The first-order valence-corrected chi connectivity index (χ1v) is 8.01. The number of nitrogens with zero attached hydrogens (tertiary/aromatic N) is 1. The van der Waals surface area contributed by atoms with Gasteiger partial charge in [-0.3, -0.25) is 4.79 Å². The van der Waals surface area contributed by atoms with Crippen LogP contribution in [0.25, 0.3) is 0 Å². The molecule has 22 heavy (non-hydrogen) atoms. The summed E-state index contributed by atoms with van der Waals surface area (Å²) in [6.45, 7) is 1.09. The van der Waals surface area contributed by atoms with Gasteiger partial charge in [0.1, 0.15) is 5.75 Å². The van der Waals surface area contributed by atoms with Crippen molar-refractivity contribution in [2.75, 3.05) is 19.7 Å². The third-order valence-electron chi connectivity index (χ3n) is 4.15. The Morgan fingerprint density at radius 2 is 1.91 bits per heavy atom. The topological polar surface area (TPSA) is 86.8 Å². The van der Waals surface area contributed by atoms with E-state index in [0.29, 0.717) is 28.7 Å². The van der Waals surface area contributed by atoms with E-state index in [0.717, 1.165) is 12.8 Å². The lowest BCUT2D eigenvalue weighted by Gasteiger charge is -2.35. The molecule has 1 aromatic rings. The van der Waals surface area contributed by atoms with Crippen molar-refractivity contribution in [1.82, 2.24) is 4.90 Å². The van der Waals surface area contributed by atoms with Gasteiger partial charge < -0.3 is 20.8 Å². The van der Waals surface area contributed by atoms with Gasteiger partial charge in [-0.25, -0.2) is 0 Å². The molecule has 1 aromatic carbocycles. The number of phenols is 1. The maximum absolute atomic E-state index is 11.7. The fourth-order valence-electron chi connectivity index (χ4n) is 2.83. The van der Waals surface area contributed by atoms with E-state index < -0.39 is 0 Å². The van der Waals surface area contributed by atoms with Crippen LogP contribution in [-0.2, 0) is 4.79 Å². The Kier molecular flexibility index (Phi) is 5.92. The standard InChI is InChI=1S/C15H20Cl2N2O3/c16-11-7-10(13(21)8-12(11)17)15(18)9-1-4-19(5-2-9)14(22)3-6-20/h7-9,15,20-21H,1-6,18H2/t15-/m1/s1. The number of nitrogens with two attached hydrogens (primary N) is 1. The van der Waals surface area contributed by atoms with Crippen LogP contribution < -0.4 is 5.73 Å². The highest BCUT2D eigenvalue weighted by Gasteiger charge is 2.28. The average Bonchev–Trinajstić information content (AvgIpc) is 2.50. The molecule has 1 aliphatic heterocycles. The van der Waals surface area contributed by atoms with E-state index in [1.54, 1.807) is 11.0 Å². The number of likely N-dealkylation sites (tertiary alicyclic amines) is 1. The number of aliphatic hydroxyl groups is 1. The second kappa shape index (κ2) is 7.51. The molecule has 7 heteroatoms. The third-order valence-corrected chi connectivity index (χ3v) is 4.88. The summed E-state index contributed by atoms with van der Waals surface area (Å²) < 4.78 is 0. The van der Waals surface area contributed by atoms with Gasteiger partial charge in [-0.2, -0.15) is 0 Å². The van der Waals surface area contributed by atoms with Crippen molar-refractivity contribution in [2.24, 2.45) is 11.7 Å². The summed E-state index contributed by atoms with van der Waals surface area (Å²) >= 11 is 11.9. The second-order valence-electron chi connectivity index (χ2n) is 5.54. The van der Waals surface area contributed by atoms with Crippen molar-refractivity contribution in [1.29, 1.82) is 0 Å². The number of rotatable bonds is 4. The quantitative estimate of drug-likeness (QED) is 0.780. The van der Waals surface area contributed by atoms with Crippen molar-refractivity contribution >= 4 is 29.1 Å². The number of amides is 1. The molecule has 0 aromatic heterocycles. The Morgan fingerprint density at radius 3 is 2.50 bits per heavy atom. The number of benzene rings is 1. The first-order chi connectivity index (χ1) is 10.4. The highest BCUT2D eigenvalue weighted by Crippen LogP contribution is 2.37. The van der Waals surface area contributed by atoms with Gasteiger partial charge in [-0.15, -0.1) is 0 Å². The van der Waals surface area contributed by atoms with Crippen LogP contribution in [0.5, 0.6) is 5.75 Å². The lowest BCUT2D eigenvalue weighted by atomic mass is 9.85. The lowest BCUT2D eigenvalue weighted by molar-refractivity contribution is -0.133. The summed E-state index contributed by atoms with van der Waals surface area (Å²) in [7, 11) is 0. The van der Waals surface area contributed by atoms with Crippen molar-refractivity contribution < 1.29 is 15.0 Å². The Hall–Kier alpha value is -1.01. The summed E-state index contributed by atoms with van der Waals surface area (Å²) in [5.41, 5.74) is 6.84. The van der Waals surface area contributed by atoms with Crippen molar-refractivity contribution in [3.8, 4) is 5.75 Å². The van der Waals surface area contributed by atoms with E-state index in [4.69, 9.17) is 34.0 Å². The maximum atomic E-state index is 11.7. The van der Waals surface area contributed by atoms with Crippen molar-refractivity contribution in [2.45, 2.75) is 25.3 Å². The second-order valence-corrected chi connectivity index (χ2v) is 6.36. The maximum Gasteiger partial charge on any atom is 0.224 e. The first kappa shape index (κ1) is 17.3. The number of carbonyl (C=O) groups excluding carboxylic acids is 1. The molecule has 1 atom stereocenters. The molecule has 1 aliphatic rings. The Morgan fingerprint density at radius 1 is 1.32 bits per heavy atom. The van der Waals surface area contributed by atoms with Crippen molar-refractivity contribution in [3.63, 3.8) is 0 Å².